The van der Waals surface area contributed by atoms with Crippen molar-refractivity contribution in [3.63, 3.8) is 0 Å². The van der Waals surface area contributed by atoms with E-state index in [9.17, 15) is 9.59 Å². The summed E-state index contributed by atoms with van der Waals surface area (Å²) < 4.78 is 0. The Bertz CT molecular complexity index is 333. The van der Waals surface area contributed by atoms with Crippen LogP contribution in [0.5, 0.6) is 0 Å². The first-order chi connectivity index (χ1) is 9.99. The fourth-order valence-corrected chi connectivity index (χ4v) is 3.61. The first-order valence-electron chi connectivity index (χ1n) is 7.87. The van der Waals surface area contributed by atoms with E-state index in [2.05, 4.69) is 10.6 Å². The zero-order valence-electron chi connectivity index (χ0n) is 13.1. The molecule has 1 aliphatic heterocycles. The van der Waals surface area contributed by atoms with Crippen LogP contribution in [0.3, 0.4) is 0 Å². The summed E-state index contributed by atoms with van der Waals surface area (Å²) in [4.78, 5) is 22.5. The predicted octanol–water partition coefficient (Wildman–Crippen LogP) is 2.85. The molecule has 3 N–H and O–H groups in total. The fourth-order valence-electron chi connectivity index (χ4n) is 2.38. The highest BCUT2D eigenvalue weighted by molar-refractivity contribution is 7.99. The molecule has 3 unspecified atom stereocenters. The molecule has 0 radical (unpaired) electrons. The number of hydrogen-bond donors (Lipinski definition) is 3. The highest BCUT2D eigenvalue weighted by Crippen LogP contribution is 2.24. The van der Waals surface area contributed by atoms with Gasteiger partial charge in [0.25, 0.3) is 0 Å². The number of carboxylic acid groups (broad SMARTS) is 1. The minimum absolute atomic E-state index is 0.0741. The number of urea groups is 1. The molecule has 122 valence electrons. The van der Waals surface area contributed by atoms with E-state index in [0.717, 1.165) is 19.4 Å². The van der Waals surface area contributed by atoms with Gasteiger partial charge in [-0.05, 0) is 38.4 Å². The molecule has 2 amide bonds. The van der Waals surface area contributed by atoms with Crippen LogP contribution < -0.4 is 10.6 Å². The lowest BCUT2D eigenvalue weighted by molar-refractivity contribution is -0.141. The molecule has 1 fully saturated rings. The average molecular weight is 316 g/mol. The van der Waals surface area contributed by atoms with Gasteiger partial charge in [0.15, 0.2) is 0 Å². The number of carbonyl (C=O) groups excluding carboxylic acids is 1. The molecule has 0 aliphatic carbocycles. The summed E-state index contributed by atoms with van der Waals surface area (Å²) in [7, 11) is 0. The molecule has 0 aromatic carbocycles. The van der Waals surface area contributed by atoms with Crippen LogP contribution in [0.2, 0.25) is 0 Å². The van der Waals surface area contributed by atoms with Crippen LogP contribution in [-0.2, 0) is 4.79 Å². The molecule has 0 aromatic heterocycles. The van der Waals surface area contributed by atoms with E-state index in [1.807, 2.05) is 18.7 Å². The van der Waals surface area contributed by atoms with Crippen molar-refractivity contribution in [3.05, 3.63) is 0 Å². The average Bonchev–Trinajstić information content (AvgIpc) is 2.46. The van der Waals surface area contributed by atoms with Gasteiger partial charge >= 0.3 is 12.0 Å². The molecule has 1 heterocycles. The molecule has 21 heavy (non-hydrogen) atoms. The number of rotatable bonds is 8. The second-order valence-electron chi connectivity index (χ2n) is 5.91. The lowest BCUT2D eigenvalue weighted by atomic mass is 10.0. The van der Waals surface area contributed by atoms with Crippen LogP contribution in [0, 0.1) is 5.92 Å². The quantitative estimate of drug-likeness (QED) is 0.643. The van der Waals surface area contributed by atoms with Gasteiger partial charge in [-0.15, -0.1) is 0 Å². The Kier molecular flexibility index (Phi) is 8.57. The maximum absolute atomic E-state index is 11.8. The Labute approximate surface area is 131 Å². The summed E-state index contributed by atoms with van der Waals surface area (Å²) in [5, 5.41) is 15.2. The third-order valence-corrected chi connectivity index (χ3v) is 5.24. The van der Waals surface area contributed by atoms with Crippen molar-refractivity contribution < 1.29 is 14.7 Å². The molecular weight excluding hydrogens is 288 g/mol. The van der Waals surface area contributed by atoms with Crippen molar-refractivity contribution in [2.45, 2.75) is 63.7 Å². The van der Waals surface area contributed by atoms with Crippen molar-refractivity contribution in [1.29, 1.82) is 0 Å². The largest absolute Gasteiger partial charge is 0.481 e. The number of hydrogen-bond acceptors (Lipinski definition) is 3. The van der Waals surface area contributed by atoms with Crippen LogP contribution in [0.15, 0.2) is 0 Å². The standard InChI is InChI=1S/C15H28N2O3S/c1-11(14(18)19)6-5-7-12(2)17-15(20)16-10-13-8-3-4-9-21-13/h11-13H,3-10H2,1-2H3,(H,18,19)(H2,16,17,20). The van der Waals surface area contributed by atoms with Crippen LogP contribution in [0.1, 0.15) is 52.4 Å². The maximum atomic E-state index is 11.8. The molecule has 3 atom stereocenters. The molecule has 0 spiro atoms. The van der Waals surface area contributed by atoms with E-state index in [-0.39, 0.29) is 18.0 Å². The van der Waals surface area contributed by atoms with Crippen LogP contribution in [-0.4, -0.2) is 40.7 Å². The van der Waals surface area contributed by atoms with Gasteiger partial charge in [-0.2, -0.15) is 11.8 Å². The Balaban J connectivity index is 2.08. The van der Waals surface area contributed by atoms with Gasteiger partial charge in [-0.1, -0.05) is 19.8 Å². The highest BCUT2D eigenvalue weighted by atomic mass is 32.2. The first kappa shape index (κ1) is 18.1. The zero-order valence-corrected chi connectivity index (χ0v) is 13.9. The van der Waals surface area contributed by atoms with Crippen LogP contribution in [0.25, 0.3) is 0 Å². The monoisotopic (exact) mass is 316 g/mol. The van der Waals surface area contributed by atoms with Crippen molar-refractivity contribution in [1.82, 2.24) is 10.6 Å². The Hall–Kier alpha value is -0.910. The third-order valence-electron chi connectivity index (χ3n) is 3.84. The van der Waals surface area contributed by atoms with Crippen molar-refractivity contribution in [2.24, 2.45) is 5.92 Å². The molecular formula is C15H28N2O3S. The molecule has 5 nitrogen and oxygen atoms in total. The van der Waals surface area contributed by atoms with Gasteiger partial charge in [-0.25, -0.2) is 4.79 Å². The van der Waals surface area contributed by atoms with Gasteiger partial charge in [0.1, 0.15) is 0 Å². The topological polar surface area (TPSA) is 78.4 Å². The minimum atomic E-state index is -0.752. The maximum Gasteiger partial charge on any atom is 0.315 e. The summed E-state index contributed by atoms with van der Waals surface area (Å²) in [6, 6.07) is -0.0371. The normalized spacial score (nSPS) is 21.3. The summed E-state index contributed by atoms with van der Waals surface area (Å²) in [5.74, 6) is 0.138. The van der Waals surface area contributed by atoms with Crippen molar-refractivity contribution >= 4 is 23.8 Å². The highest BCUT2D eigenvalue weighted by Gasteiger charge is 2.16. The summed E-state index contributed by atoms with van der Waals surface area (Å²) in [6.07, 6.45) is 6.02. The smallest absolute Gasteiger partial charge is 0.315 e. The number of nitrogens with one attached hydrogen (secondary N) is 2. The number of carboxylic acids is 1. The minimum Gasteiger partial charge on any atom is -0.481 e. The second-order valence-corrected chi connectivity index (χ2v) is 7.32. The lowest BCUT2D eigenvalue weighted by Crippen LogP contribution is -2.43. The van der Waals surface area contributed by atoms with E-state index in [0.29, 0.717) is 11.7 Å². The van der Waals surface area contributed by atoms with E-state index >= 15 is 0 Å². The van der Waals surface area contributed by atoms with Crippen molar-refractivity contribution in [2.75, 3.05) is 12.3 Å². The number of carbonyl (C=O) groups is 2. The van der Waals surface area contributed by atoms with Crippen LogP contribution >= 0.6 is 11.8 Å². The van der Waals surface area contributed by atoms with E-state index in [1.165, 1.54) is 25.0 Å². The summed E-state index contributed by atoms with van der Waals surface area (Å²) in [6.45, 7) is 4.41. The molecule has 0 saturated carbocycles. The van der Waals surface area contributed by atoms with Gasteiger partial charge in [0, 0.05) is 17.8 Å². The van der Waals surface area contributed by atoms with E-state index < -0.39 is 5.97 Å². The molecule has 6 heteroatoms. The predicted molar refractivity (Wildman–Crippen MR) is 86.7 cm³/mol. The summed E-state index contributed by atoms with van der Waals surface area (Å²) >= 11 is 1.95. The molecule has 1 rings (SSSR count). The number of thioether (sulfide) groups is 1. The van der Waals surface area contributed by atoms with Crippen molar-refractivity contribution in [3.8, 4) is 0 Å². The number of amides is 2. The van der Waals surface area contributed by atoms with Gasteiger partial charge < -0.3 is 15.7 Å². The van der Waals surface area contributed by atoms with Crippen LogP contribution in [0.4, 0.5) is 4.79 Å². The van der Waals surface area contributed by atoms with E-state index in [1.54, 1.807) is 6.92 Å². The number of aliphatic carboxylic acids is 1. The van der Waals surface area contributed by atoms with Gasteiger partial charge in [0.2, 0.25) is 0 Å². The molecule has 0 bridgehead atoms. The first-order valence-corrected chi connectivity index (χ1v) is 8.92. The van der Waals surface area contributed by atoms with Gasteiger partial charge in [0.05, 0.1) is 5.92 Å². The van der Waals surface area contributed by atoms with E-state index in [4.69, 9.17) is 5.11 Å². The van der Waals surface area contributed by atoms with Gasteiger partial charge in [-0.3, -0.25) is 4.79 Å². The SMILES string of the molecule is CC(CCCC(C)C(=O)O)NC(=O)NCC1CCCCS1. The fraction of sp³-hybridized carbons (Fsp3) is 0.867. The Morgan fingerprint density at radius 3 is 2.67 bits per heavy atom. The second kappa shape index (κ2) is 9.92. The Morgan fingerprint density at radius 1 is 1.29 bits per heavy atom. The molecule has 1 saturated heterocycles. The Morgan fingerprint density at radius 2 is 2.05 bits per heavy atom. The zero-order chi connectivity index (χ0) is 15.7. The third kappa shape index (κ3) is 8.19. The molecule has 0 aromatic rings. The summed E-state index contributed by atoms with van der Waals surface area (Å²) in [5.41, 5.74) is 0. The molecule has 1 aliphatic rings. The lowest BCUT2D eigenvalue weighted by Gasteiger charge is -2.22.